The van der Waals surface area contributed by atoms with E-state index in [1.54, 1.807) is 53.9 Å². The summed E-state index contributed by atoms with van der Waals surface area (Å²) in [4.78, 5) is 14.9. The molecular formula is C50H98N4S. The number of nitrogens with zero attached hydrogens (tertiary/aromatic N) is 4. The molecule has 5 heteroatoms. The van der Waals surface area contributed by atoms with E-state index in [0.29, 0.717) is 0 Å². The summed E-state index contributed by atoms with van der Waals surface area (Å²) in [5, 5.41) is 1.93. The maximum atomic E-state index is 3.78. The topological polar surface area (TPSA) is 51.6 Å². The Morgan fingerprint density at radius 3 is 0.545 bits per heavy atom. The average Bonchev–Trinajstić information content (AvgIpc) is 3.63. The summed E-state index contributed by atoms with van der Waals surface area (Å²) in [5.74, 6) is 6.67. The zero-order valence-corrected chi connectivity index (χ0v) is 42.0. The van der Waals surface area contributed by atoms with Crippen LogP contribution in [0.3, 0.4) is 0 Å². The van der Waals surface area contributed by atoms with Crippen LogP contribution in [-0.4, -0.2) is 19.9 Å². The SMILES string of the molecule is CC(C)C.CC(C)C.CC(C)C.CC(C)C.CC(C)C.CC(C)C.CC(C)C.CC(C)C.c1ccccc1.c1ccncc1.c1cncnc1.c1cscn1. The van der Waals surface area contributed by atoms with Crippen LogP contribution >= 0.6 is 11.3 Å². The number of rotatable bonds is 0. The monoisotopic (exact) mass is 787 g/mol. The van der Waals surface area contributed by atoms with E-state index in [2.05, 4.69) is 186 Å². The van der Waals surface area contributed by atoms with Gasteiger partial charge in [-0.3, -0.25) is 9.97 Å². The molecule has 0 aliphatic carbocycles. The Morgan fingerprint density at radius 2 is 0.473 bits per heavy atom. The minimum absolute atomic E-state index is 0.833. The Bertz CT molecular complexity index is 722. The zero-order valence-electron chi connectivity index (χ0n) is 41.2. The van der Waals surface area contributed by atoms with Crippen LogP contribution in [0.15, 0.2) is 109 Å². The molecule has 0 atom stereocenters. The molecule has 0 aliphatic rings. The van der Waals surface area contributed by atoms with Crippen molar-refractivity contribution >= 4 is 11.3 Å². The molecular weight excluding hydrogens is 689 g/mol. The first-order valence-electron chi connectivity index (χ1n) is 20.7. The van der Waals surface area contributed by atoms with Crippen LogP contribution in [0.5, 0.6) is 0 Å². The molecule has 0 spiro atoms. The predicted molar refractivity (Wildman–Crippen MR) is 259 cm³/mol. The number of benzene rings is 1. The van der Waals surface area contributed by atoms with Gasteiger partial charge in [0.15, 0.2) is 0 Å². The van der Waals surface area contributed by atoms with E-state index in [9.17, 15) is 0 Å². The molecule has 324 valence electrons. The van der Waals surface area contributed by atoms with Crippen LogP contribution in [0, 0.1) is 47.3 Å². The van der Waals surface area contributed by atoms with Crippen molar-refractivity contribution in [2.24, 2.45) is 47.3 Å². The normalized spacial score (nSPS) is 8.58. The average molecular weight is 787 g/mol. The fraction of sp³-hybridized carbons (Fsp3) is 0.640. The van der Waals surface area contributed by atoms with Gasteiger partial charge in [-0.1, -0.05) is 209 Å². The molecule has 0 unspecified atom stereocenters. The van der Waals surface area contributed by atoms with Crippen LogP contribution in [0.4, 0.5) is 0 Å². The summed E-state index contributed by atoms with van der Waals surface area (Å²) in [6.45, 7) is 52.0. The summed E-state index contributed by atoms with van der Waals surface area (Å²) < 4.78 is 0. The van der Waals surface area contributed by atoms with E-state index < -0.39 is 0 Å². The predicted octanol–water partition coefficient (Wildman–Crippen LogP) is 17.7. The minimum atomic E-state index is 0.833. The summed E-state index contributed by atoms with van der Waals surface area (Å²) in [5.41, 5.74) is 1.79. The standard InChI is InChI=1S/C6H6.C5H5N.C4H4N2.8C4H10.C3H3NS/c2*1-2-4-6-5-3-1;1-2-5-4-6-3-1;8*1-4(2)3;1-2-5-3-4-1/h1-6H;1-5H;1-4H;8*4H,1-3H3;1-3H. The molecule has 0 radical (unpaired) electrons. The Labute approximate surface area is 352 Å². The molecule has 0 fully saturated rings. The van der Waals surface area contributed by atoms with Crippen LogP contribution < -0.4 is 0 Å². The fourth-order valence-electron chi connectivity index (χ4n) is 1.13. The maximum Gasteiger partial charge on any atom is 0.115 e. The van der Waals surface area contributed by atoms with Crippen molar-refractivity contribution in [2.75, 3.05) is 0 Å². The van der Waals surface area contributed by atoms with Crippen molar-refractivity contribution in [1.29, 1.82) is 0 Å². The third-order valence-electron chi connectivity index (χ3n) is 2.06. The molecule has 4 aromatic rings. The van der Waals surface area contributed by atoms with Crippen LogP contribution in [0.2, 0.25) is 0 Å². The molecule has 4 nitrogen and oxygen atoms in total. The molecule has 55 heavy (non-hydrogen) atoms. The first kappa shape index (κ1) is 69.9. The largest absolute Gasteiger partial charge is 0.265 e. The number of hydrogen-bond donors (Lipinski definition) is 0. The second-order valence-corrected chi connectivity index (χ2v) is 18.4. The van der Waals surface area contributed by atoms with Gasteiger partial charge in [-0.25, -0.2) is 9.97 Å². The first-order valence-corrected chi connectivity index (χ1v) is 21.7. The second-order valence-electron chi connectivity index (χ2n) is 17.6. The highest BCUT2D eigenvalue weighted by molar-refractivity contribution is 7.07. The minimum Gasteiger partial charge on any atom is -0.265 e. The summed E-state index contributed by atoms with van der Waals surface area (Å²) in [6, 6.07) is 19.5. The van der Waals surface area contributed by atoms with Gasteiger partial charge in [-0.05, 0) is 65.5 Å². The van der Waals surface area contributed by atoms with E-state index >= 15 is 0 Å². The Morgan fingerprint density at radius 1 is 0.255 bits per heavy atom. The Balaban J connectivity index is -0.0000000735. The number of hydrogen-bond acceptors (Lipinski definition) is 5. The van der Waals surface area contributed by atoms with Crippen molar-refractivity contribution in [3.8, 4) is 0 Å². The summed E-state index contributed by atoms with van der Waals surface area (Å²) >= 11 is 1.60. The van der Waals surface area contributed by atoms with E-state index in [-0.39, 0.29) is 0 Å². The van der Waals surface area contributed by atoms with E-state index in [0.717, 1.165) is 47.3 Å². The molecule has 1 aromatic carbocycles. The smallest absolute Gasteiger partial charge is 0.115 e. The molecule has 0 aliphatic heterocycles. The quantitative estimate of drug-likeness (QED) is 0.178. The Kier molecular flexibility index (Phi) is 83.8. The summed E-state index contributed by atoms with van der Waals surface area (Å²) in [7, 11) is 0. The molecule has 0 amide bonds. The second kappa shape index (κ2) is 65.9. The Hall–Kier alpha value is -2.92. The number of aromatic nitrogens is 4. The van der Waals surface area contributed by atoms with Crippen LogP contribution in [-0.2, 0) is 0 Å². The highest BCUT2D eigenvalue weighted by atomic mass is 32.1. The maximum absolute atomic E-state index is 3.78. The van der Waals surface area contributed by atoms with Crippen molar-refractivity contribution in [3.63, 3.8) is 0 Å². The molecule has 3 aromatic heterocycles. The van der Waals surface area contributed by atoms with Crippen molar-refractivity contribution in [1.82, 2.24) is 19.9 Å². The third-order valence-corrected chi connectivity index (χ3v) is 2.58. The lowest BCUT2D eigenvalue weighted by Gasteiger charge is -1.79. The van der Waals surface area contributed by atoms with Gasteiger partial charge in [0.25, 0.3) is 0 Å². The number of thiazole rings is 1. The van der Waals surface area contributed by atoms with Gasteiger partial charge in [-0.15, -0.1) is 11.3 Å². The molecule has 4 rings (SSSR count). The first-order chi connectivity index (χ1) is 25.4. The van der Waals surface area contributed by atoms with Crippen LogP contribution in [0.1, 0.15) is 166 Å². The zero-order chi connectivity index (χ0) is 44.9. The van der Waals surface area contributed by atoms with Gasteiger partial charge < -0.3 is 0 Å². The van der Waals surface area contributed by atoms with Gasteiger partial charge in [0.05, 0.1) is 5.51 Å². The van der Waals surface area contributed by atoms with Crippen molar-refractivity contribution in [3.05, 3.63) is 109 Å². The molecule has 0 N–H and O–H groups in total. The van der Waals surface area contributed by atoms with Gasteiger partial charge in [0.2, 0.25) is 0 Å². The molecule has 0 saturated heterocycles. The van der Waals surface area contributed by atoms with Crippen molar-refractivity contribution < 1.29 is 0 Å². The van der Waals surface area contributed by atoms with E-state index in [1.165, 1.54) is 6.33 Å². The lowest BCUT2D eigenvalue weighted by molar-refractivity contribution is 0.736. The lowest BCUT2D eigenvalue weighted by atomic mass is 10.3. The van der Waals surface area contributed by atoms with Crippen molar-refractivity contribution in [2.45, 2.75) is 166 Å². The third kappa shape index (κ3) is 305. The van der Waals surface area contributed by atoms with Gasteiger partial charge in [-0.2, -0.15) is 0 Å². The van der Waals surface area contributed by atoms with Gasteiger partial charge in [0.1, 0.15) is 6.33 Å². The molecule has 3 heterocycles. The molecule has 0 saturated carbocycles. The highest BCUT2D eigenvalue weighted by Crippen LogP contribution is 1.86. The summed E-state index contributed by atoms with van der Waals surface area (Å²) in [6.07, 6.45) is 10.1. The number of pyridine rings is 1. The van der Waals surface area contributed by atoms with Gasteiger partial charge in [0, 0.05) is 36.4 Å². The van der Waals surface area contributed by atoms with Gasteiger partial charge >= 0.3 is 0 Å². The fourth-order valence-corrected chi connectivity index (χ4v) is 1.48. The highest BCUT2D eigenvalue weighted by Gasteiger charge is 1.71. The lowest BCUT2D eigenvalue weighted by Crippen LogP contribution is -1.66. The molecule has 0 bridgehead atoms. The van der Waals surface area contributed by atoms with E-state index in [1.807, 2.05) is 60.0 Å². The van der Waals surface area contributed by atoms with Crippen LogP contribution in [0.25, 0.3) is 0 Å². The van der Waals surface area contributed by atoms with E-state index in [4.69, 9.17) is 0 Å².